The number of rotatable bonds is 5. The van der Waals surface area contributed by atoms with Crippen LogP contribution in [0, 0.1) is 10.1 Å². The van der Waals surface area contributed by atoms with Crippen molar-refractivity contribution in [3.05, 3.63) is 39.4 Å². The number of hydrogen-bond donors (Lipinski definition) is 2. The zero-order chi connectivity index (χ0) is 15.1. The Morgan fingerprint density at radius 2 is 2.25 bits per heavy atom. The van der Waals surface area contributed by atoms with E-state index in [1.54, 1.807) is 12.1 Å². The van der Waals surface area contributed by atoms with Gasteiger partial charge in [0.05, 0.1) is 11.1 Å². The number of nitro benzene ring substituents is 1. The Hall–Kier alpha value is -2.02. The lowest BCUT2D eigenvalue weighted by molar-refractivity contribution is -0.385. The molecule has 0 heterocycles. The minimum atomic E-state index is -0.380. The Balaban J connectivity index is 2.76. The topological polar surface area (TPSA) is 79.6 Å². The molecule has 108 valence electrons. The summed E-state index contributed by atoms with van der Waals surface area (Å²) in [7, 11) is 0. The van der Waals surface area contributed by atoms with Gasteiger partial charge in [0.2, 0.25) is 0 Å². The quantitative estimate of drug-likeness (QED) is 0.377. The van der Waals surface area contributed by atoms with E-state index in [1.807, 2.05) is 20.8 Å². The standard InChI is InChI=1S/C13H18N4O2S/c1-4-11-6-5-10(7-12(11)17(18)19)8-14-16-13(20)15-9(2)3/h5-9H,4H2,1-3H3,(H2,15,16,20)/b14-8-. The van der Waals surface area contributed by atoms with Crippen LogP contribution < -0.4 is 10.7 Å². The average Bonchev–Trinajstić information content (AvgIpc) is 2.37. The summed E-state index contributed by atoms with van der Waals surface area (Å²) in [4.78, 5) is 10.6. The van der Waals surface area contributed by atoms with E-state index in [-0.39, 0.29) is 16.7 Å². The molecule has 0 radical (unpaired) electrons. The van der Waals surface area contributed by atoms with Crippen molar-refractivity contribution in [2.24, 2.45) is 5.10 Å². The fraction of sp³-hybridized carbons (Fsp3) is 0.385. The molecule has 0 atom stereocenters. The Kier molecular flexibility index (Phi) is 6.05. The van der Waals surface area contributed by atoms with Gasteiger partial charge in [-0.25, -0.2) is 0 Å². The van der Waals surface area contributed by atoms with Crippen LogP contribution in [0.3, 0.4) is 0 Å². The van der Waals surface area contributed by atoms with Crippen LogP contribution in [0.25, 0.3) is 0 Å². The summed E-state index contributed by atoms with van der Waals surface area (Å²) >= 11 is 5.01. The number of nitrogens with zero attached hydrogens (tertiary/aromatic N) is 2. The lowest BCUT2D eigenvalue weighted by atomic mass is 10.1. The third-order valence-corrected chi connectivity index (χ3v) is 2.70. The lowest BCUT2D eigenvalue weighted by Crippen LogP contribution is -2.36. The van der Waals surface area contributed by atoms with Crippen molar-refractivity contribution in [2.75, 3.05) is 0 Å². The number of aryl methyl sites for hydroxylation is 1. The van der Waals surface area contributed by atoms with Crippen molar-refractivity contribution in [1.82, 2.24) is 10.7 Å². The molecule has 0 aromatic heterocycles. The maximum atomic E-state index is 11.0. The molecule has 0 unspecified atom stereocenters. The number of benzene rings is 1. The van der Waals surface area contributed by atoms with E-state index in [4.69, 9.17) is 12.2 Å². The summed E-state index contributed by atoms with van der Waals surface area (Å²) in [6, 6.07) is 5.25. The van der Waals surface area contributed by atoms with E-state index in [1.165, 1.54) is 12.3 Å². The van der Waals surface area contributed by atoms with Gasteiger partial charge in [-0.2, -0.15) is 5.10 Å². The molecule has 2 N–H and O–H groups in total. The molecular formula is C13H18N4O2S. The third kappa shape index (κ3) is 4.93. The van der Waals surface area contributed by atoms with Gasteiger partial charge in [0.1, 0.15) is 0 Å². The SMILES string of the molecule is CCc1ccc(/C=N\NC(=S)NC(C)C)cc1[N+](=O)[O-]. The molecule has 0 aliphatic heterocycles. The molecule has 7 heteroatoms. The van der Waals surface area contributed by atoms with Gasteiger partial charge in [0, 0.05) is 23.2 Å². The molecule has 0 bridgehead atoms. The Labute approximate surface area is 123 Å². The average molecular weight is 294 g/mol. The van der Waals surface area contributed by atoms with Gasteiger partial charge in [0.15, 0.2) is 5.11 Å². The van der Waals surface area contributed by atoms with Crippen LogP contribution in [0.1, 0.15) is 31.9 Å². The van der Waals surface area contributed by atoms with E-state index >= 15 is 0 Å². The molecule has 0 amide bonds. The van der Waals surface area contributed by atoms with Gasteiger partial charge in [-0.05, 0) is 32.5 Å². The number of hydrazone groups is 1. The molecule has 1 aromatic carbocycles. The van der Waals surface area contributed by atoms with Gasteiger partial charge in [-0.1, -0.05) is 19.1 Å². The largest absolute Gasteiger partial charge is 0.359 e. The molecule has 0 aliphatic carbocycles. The molecular weight excluding hydrogens is 276 g/mol. The third-order valence-electron chi connectivity index (χ3n) is 2.49. The van der Waals surface area contributed by atoms with Gasteiger partial charge >= 0.3 is 0 Å². The summed E-state index contributed by atoms with van der Waals surface area (Å²) in [5, 5.41) is 18.3. The van der Waals surface area contributed by atoms with E-state index in [2.05, 4.69) is 15.8 Å². The van der Waals surface area contributed by atoms with Crippen LogP contribution in [0.5, 0.6) is 0 Å². The normalized spacial score (nSPS) is 10.8. The van der Waals surface area contributed by atoms with Crippen LogP contribution in [-0.4, -0.2) is 22.3 Å². The predicted molar refractivity (Wildman–Crippen MR) is 84.1 cm³/mol. The van der Waals surface area contributed by atoms with Crippen molar-refractivity contribution < 1.29 is 4.92 Å². The van der Waals surface area contributed by atoms with Crippen LogP contribution >= 0.6 is 12.2 Å². The van der Waals surface area contributed by atoms with Crippen molar-refractivity contribution in [2.45, 2.75) is 33.2 Å². The lowest BCUT2D eigenvalue weighted by Gasteiger charge is -2.09. The summed E-state index contributed by atoms with van der Waals surface area (Å²) in [5.41, 5.74) is 4.12. The second kappa shape index (κ2) is 7.54. The minimum absolute atomic E-state index is 0.110. The first kappa shape index (κ1) is 16.0. The molecule has 0 saturated carbocycles. The highest BCUT2D eigenvalue weighted by atomic mass is 32.1. The monoisotopic (exact) mass is 294 g/mol. The van der Waals surface area contributed by atoms with Crippen molar-refractivity contribution in [3.63, 3.8) is 0 Å². The first-order valence-electron chi connectivity index (χ1n) is 6.31. The highest BCUT2D eigenvalue weighted by molar-refractivity contribution is 7.80. The minimum Gasteiger partial charge on any atom is -0.359 e. The summed E-state index contributed by atoms with van der Waals surface area (Å²) in [5.74, 6) is 0. The number of hydrogen-bond acceptors (Lipinski definition) is 4. The molecule has 0 aliphatic rings. The first-order valence-corrected chi connectivity index (χ1v) is 6.71. The fourth-order valence-electron chi connectivity index (χ4n) is 1.59. The van der Waals surface area contributed by atoms with Gasteiger partial charge in [-0.15, -0.1) is 0 Å². The number of thiocarbonyl (C=S) groups is 1. The predicted octanol–water partition coefficient (Wildman–Crippen LogP) is 2.36. The smallest absolute Gasteiger partial charge is 0.273 e. The van der Waals surface area contributed by atoms with Gasteiger partial charge in [-0.3, -0.25) is 15.5 Å². The van der Waals surface area contributed by atoms with E-state index in [0.29, 0.717) is 22.7 Å². The molecule has 0 fully saturated rings. The fourth-order valence-corrected chi connectivity index (χ4v) is 1.88. The Morgan fingerprint density at radius 3 is 2.80 bits per heavy atom. The second-order valence-corrected chi connectivity index (χ2v) is 4.91. The summed E-state index contributed by atoms with van der Waals surface area (Å²) in [6.45, 7) is 5.81. The summed E-state index contributed by atoms with van der Waals surface area (Å²) in [6.07, 6.45) is 2.12. The summed E-state index contributed by atoms with van der Waals surface area (Å²) < 4.78 is 0. The zero-order valence-electron chi connectivity index (χ0n) is 11.7. The Bertz CT molecular complexity index is 529. The van der Waals surface area contributed by atoms with E-state index in [9.17, 15) is 10.1 Å². The molecule has 6 nitrogen and oxygen atoms in total. The molecule has 20 heavy (non-hydrogen) atoms. The maximum Gasteiger partial charge on any atom is 0.273 e. The highest BCUT2D eigenvalue weighted by Crippen LogP contribution is 2.19. The van der Waals surface area contributed by atoms with Crippen LogP contribution in [0.4, 0.5) is 5.69 Å². The highest BCUT2D eigenvalue weighted by Gasteiger charge is 2.12. The van der Waals surface area contributed by atoms with Crippen LogP contribution in [-0.2, 0) is 6.42 Å². The van der Waals surface area contributed by atoms with Crippen molar-refractivity contribution >= 4 is 29.2 Å². The Morgan fingerprint density at radius 1 is 1.55 bits per heavy atom. The molecule has 0 saturated heterocycles. The molecule has 1 aromatic rings. The zero-order valence-corrected chi connectivity index (χ0v) is 12.5. The van der Waals surface area contributed by atoms with E-state index < -0.39 is 0 Å². The number of nitro groups is 1. The molecule has 1 rings (SSSR count). The van der Waals surface area contributed by atoms with Crippen molar-refractivity contribution in [1.29, 1.82) is 0 Å². The second-order valence-electron chi connectivity index (χ2n) is 4.50. The number of nitrogens with one attached hydrogen (secondary N) is 2. The van der Waals surface area contributed by atoms with Gasteiger partial charge in [0.25, 0.3) is 5.69 Å². The first-order chi connectivity index (χ1) is 9.43. The van der Waals surface area contributed by atoms with Crippen LogP contribution in [0.15, 0.2) is 23.3 Å². The van der Waals surface area contributed by atoms with E-state index in [0.717, 1.165) is 0 Å². The maximum absolute atomic E-state index is 11.0. The van der Waals surface area contributed by atoms with Crippen molar-refractivity contribution in [3.8, 4) is 0 Å². The van der Waals surface area contributed by atoms with Gasteiger partial charge < -0.3 is 5.32 Å². The van der Waals surface area contributed by atoms with Crippen LogP contribution in [0.2, 0.25) is 0 Å². The molecule has 0 spiro atoms.